The standard InChI is InChI=1S/C12H12Cl3NO4/c1-3-20-9-5-4-7(6-8(9)10(17)19-2)16-11(18)12(13,14)15/h4-6H,3H2,1-2H3,(H,16,18). The third kappa shape index (κ3) is 4.44. The predicted octanol–water partition coefficient (Wildman–Crippen LogP) is 3.18. The number of benzene rings is 1. The highest BCUT2D eigenvalue weighted by atomic mass is 35.6. The van der Waals surface area contributed by atoms with Gasteiger partial charge in [0.15, 0.2) is 0 Å². The van der Waals surface area contributed by atoms with E-state index in [1.165, 1.54) is 25.3 Å². The number of alkyl halides is 3. The molecule has 0 unspecified atom stereocenters. The zero-order valence-electron chi connectivity index (χ0n) is 10.7. The van der Waals surface area contributed by atoms with E-state index in [1.54, 1.807) is 6.92 Å². The molecule has 20 heavy (non-hydrogen) atoms. The van der Waals surface area contributed by atoms with E-state index >= 15 is 0 Å². The topological polar surface area (TPSA) is 64.6 Å². The van der Waals surface area contributed by atoms with Gasteiger partial charge in [0.1, 0.15) is 11.3 Å². The van der Waals surface area contributed by atoms with E-state index in [4.69, 9.17) is 39.5 Å². The third-order valence-corrected chi connectivity index (χ3v) is 2.71. The highest BCUT2D eigenvalue weighted by molar-refractivity contribution is 6.76. The van der Waals surface area contributed by atoms with Crippen molar-refractivity contribution in [2.45, 2.75) is 10.7 Å². The van der Waals surface area contributed by atoms with Crippen molar-refractivity contribution in [3.05, 3.63) is 23.8 Å². The van der Waals surface area contributed by atoms with Gasteiger partial charge in [-0.25, -0.2) is 4.79 Å². The molecule has 1 N–H and O–H groups in total. The van der Waals surface area contributed by atoms with Crippen LogP contribution in [0.3, 0.4) is 0 Å². The summed E-state index contributed by atoms with van der Waals surface area (Å²) in [5, 5.41) is 2.37. The van der Waals surface area contributed by atoms with Gasteiger partial charge in [-0.1, -0.05) is 34.8 Å². The number of carbonyl (C=O) groups is 2. The third-order valence-electron chi connectivity index (χ3n) is 2.20. The van der Waals surface area contributed by atoms with Gasteiger partial charge in [-0.2, -0.15) is 0 Å². The van der Waals surface area contributed by atoms with Crippen LogP contribution in [0, 0.1) is 0 Å². The number of esters is 1. The Morgan fingerprint density at radius 1 is 1.30 bits per heavy atom. The van der Waals surface area contributed by atoms with Crippen molar-refractivity contribution in [3.63, 3.8) is 0 Å². The van der Waals surface area contributed by atoms with Crippen molar-refractivity contribution in [1.29, 1.82) is 0 Å². The molecule has 1 aromatic rings. The zero-order valence-corrected chi connectivity index (χ0v) is 13.0. The minimum absolute atomic E-state index is 0.163. The van der Waals surface area contributed by atoms with Gasteiger partial charge in [-0.3, -0.25) is 4.79 Å². The molecule has 8 heteroatoms. The van der Waals surface area contributed by atoms with Crippen LogP contribution in [0.1, 0.15) is 17.3 Å². The normalized spacial score (nSPS) is 10.8. The molecule has 1 rings (SSSR count). The monoisotopic (exact) mass is 339 g/mol. The predicted molar refractivity (Wildman–Crippen MR) is 77.9 cm³/mol. The molecule has 5 nitrogen and oxygen atoms in total. The lowest BCUT2D eigenvalue weighted by atomic mass is 10.1. The average Bonchev–Trinajstić information content (AvgIpc) is 2.38. The molecule has 110 valence electrons. The summed E-state index contributed by atoms with van der Waals surface area (Å²) in [6.07, 6.45) is 0. The lowest BCUT2D eigenvalue weighted by molar-refractivity contribution is -0.115. The second kappa shape index (κ2) is 7.02. The van der Waals surface area contributed by atoms with Crippen molar-refractivity contribution >= 4 is 52.4 Å². The Morgan fingerprint density at radius 3 is 2.45 bits per heavy atom. The van der Waals surface area contributed by atoms with Crippen molar-refractivity contribution in [3.8, 4) is 5.75 Å². The number of ether oxygens (including phenoxy) is 2. The molecular weight excluding hydrogens is 328 g/mol. The van der Waals surface area contributed by atoms with E-state index in [0.717, 1.165) is 0 Å². The molecule has 0 aliphatic carbocycles. The van der Waals surface area contributed by atoms with Crippen LogP contribution in [0.4, 0.5) is 5.69 Å². The first-order chi connectivity index (χ1) is 9.29. The summed E-state index contributed by atoms with van der Waals surface area (Å²) in [7, 11) is 1.24. The quantitative estimate of drug-likeness (QED) is 0.675. The van der Waals surface area contributed by atoms with Crippen molar-refractivity contribution in [2.24, 2.45) is 0 Å². The SMILES string of the molecule is CCOc1ccc(NC(=O)C(Cl)(Cl)Cl)cc1C(=O)OC. The molecule has 0 saturated carbocycles. The molecule has 0 atom stereocenters. The molecule has 0 aromatic heterocycles. The maximum absolute atomic E-state index is 11.7. The fourth-order valence-corrected chi connectivity index (χ4v) is 1.50. The first-order valence-corrected chi connectivity index (χ1v) is 6.66. The van der Waals surface area contributed by atoms with Crippen LogP contribution in [0.25, 0.3) is 0 Å². The van der Waals surface area contributed by atoms with Crippen LogP contribution in [0.5, 0.6) is 5.75 Å². The van der Waals surface area contributed by atoms with Gasteiger partial charge in [0.05, 0.1) is 13.7 Å². The highest BCUT2D eigenvalue weighted by Crippen LogP contribution is 2.29. The molecule has 1 amide bonds. The Morgan fingerprint density at radius 2 is 1.95 bits per heavy atom. The van der Waals surface area contributed by atoms with Crippen molar-refractivity contribution in [1.82, 2.24) is 0 Å². The average molecular weight is 341 g/mol. The van der Waals surface area contributed by atoms with E-state index in [2.05, 4.69) is 10.1 Å². The number of hydrogen-bond donors (Lipinski definition) is 1. The first-order valence-electron chi connectivity index (χ1n) is 5.53. The number of nitrogens with one attached hydrogen (secondary N) is 1. The molecule has 0 aliphatic heterocycles. The summed E-state index contributed by atoms with van der Waals surface area (Å²) in [6.45, 7) is 2.16. The second-order valence-corrected chi connectivity index (χ2v) is 5.87. The number of rotatable bonds is 4. The lowest BCUT2D eigenvalue weighted by Gasteiger charge is -2.14. The smallest absolute Gasteiger partial charge is 0.341 e. The molecular formula is C12H12Cl3NO4. The van der Waals surface area contributed by atoms with Gasteiger partial charge in [0.2, 0.25) is 0 Å². The molecule has 0 heterocycles. The summed E-state index contributed by atoms with van der Waals surface area (Å²) in [6, 6.07) is 4.42. The second-order valence-electron chi connectivity index (χ2n) is 3.59. The largest absolute Gasteiger partial charge is 0.493 e. The first kappa shape index (κ1) is 16.9. The van der Waals surface area contributed by atoms with Gasteiger partial charge < -0.3 is 14.8 Å². The highest BCUT2D eigenvalue weighted by Gasteiger charge is 2.30. The minimum atomic E-state index is -2.09. The van der Waals surface area contributed by atoms with Gasteiger partial charge >= 0.3 is 5.97 Å². The van der Waals surface area contributed by atoms with Crippen LogP contribution in [-0.2, 0) is 9.53 Å². The maximum Gasteiger partial charge on any atom is 0.341 e. The van der Waals surface area contributed by atoms with Crippen molar-refractivity contribution in [2.75, 3.05) is 19.0 Å². The van der Waals surface area contributed by atoms with E-state index in [0.29, 0.717) is 12.4 Å². The number of amides is 1. The fourth-order valence-electron chi connectivity index (χ4n) is 1.36. The Kier molecular flexibility index (Phi) is 5.92. The van der Waals surface area contributed by atoms with Crippen LogP contribution in [-0.4, -0.2) is 29.4 Å². The maximum atomic E-state index is 11.7. The van der Waals surface area contributed by atoms with Gasteiger partial charge in [0, 0.05) is 5.69 Å². The van der Waals surface area contributed by atoms with Crippen LogP contribution >= 0.6 is 34.8 Å². The van der Waals surface area contributed by atoms with Crippen molar-refractivity contribution < 1.29 is 19.1 Å². The van der Waals surface area contributed by atoms with E-state index < -0.39 is 15.7 Å². The number of anilines is 1. The molecule has 0 saturated heterocycles. The summed E-state index contributed by atoms with van der Waals surface area (Å²) in [5.74, 6) is -1.09. The molecule has 0 spiro atoms. The molecule has 0 bridgehead atoms. The Hall–Kier alpha value is -1.17. The Labute approximate surface area is 131 Å². The minimum Gasteiger partial charge on any atom is -0.493 e. The molecule has 1 aromatic carbocycles. The summed E-state index contributed by atoms with van der Waals surface area (Å²) in [4.78, 5) is 23.2. The van der Waals surface area contributed by atoms with Gasteiger partial charge in [-0.15, -0.1) is 0 Å². The van der Waals surface area contributed by atoms with Crippen LogP contribution in [0.15, 0.2) is 18.2 Å². The fraction of sp³-hybridized carbons (Fsp3) is 0.333. The summed E-state index contributed by atoms with van der Waals surface area (Å²) < 4.78 is 7.84. The van der Waals surface area contributed by atoms with Gasteiger partial charge in [0.25, 0.3) is 9.70 Å². The molecule has 0 fully saturated rings. The van der Waals surface area contributed by atoms with Crippen LogP contribution in [0.2, 0.25) is 0 Å². The lowest BCUT2D eigenvalue weighted by Crippen LogP contribution is -2.27. The summed E-state index contributed by atoms with van der Waals surface area (Å²) in [5.41, 5.74) is 0.446. The number of carbonyl (C=O) groups excluding carboxylic acids is 2. The Balaban J connectivity index is 3.06. The molecule has 0 radical (unpaired) electrons. The van der Waals surface area contributed by atoms with E-state index in [1.807, 2.05) is 0 Å². The molecule has 0 aliphatic rings. The van der Waals surface area contributed by atoms with E-state index in [9.17, 15) is 9.59 Å². The van der Waals surface area contributed by atoms with E-state index in [-0.39, 0.29) is 11.3 Å². The summed E-state index contributed by atoms with van der Waals surface area (Å²) >= 11 is 16.3. The number of methoxy groups -OCH3 is 1. The zero-order chi connectivity index (χ0) is 15.3. The Bertz CT molecular complexity index is 514. The van der Waals surface area contributed by atoms with Crippen LogP contribution < -0.4 is 10.1 Å². The number of halogens is 3. The van der Waals surface area contributed by atoms with Gasteiger partial charge in [-0.05, 0) is 25.1 Å². The number of hydrogen-bond acceptors (Lipinski definition) is 4.